The Balaban J connectivity index is 1.58. The summed E-state index contributed by atoms with van der Waals surface area (Å²) in [4.78, 5) is 28.6. The van der Waals surface area contributed by atoms with Crippen LogP contribution in [0.1, 0.15) is 53.8 Å². The van der Waals surface area contributed by atoms with Crippen molar-refractivity contribution in [3.8, 4) is 5.69 Å². The minimum absolute atomic E-state index is 0.0150. The predicted molar refractivity (Wildman–Crippen MR) is 112 cm³/mol. The summed E-state index contributed by atoms with van der Waals surface area (Å²) < 4.78 is 1.71. The number of carbonyl (C=O) groups excluding carboxylic acids is 2. The molecule has 0 unspecified atom stereocenters. The molecule has 7 nitrogen and oxygen atoms in total. The van der Waals surface area contributed by atoms with Gasteiger partial charge in [0.2, 0.25) is 11.7 Å². The number of nitrogens with one attached hydrogen (secondary N) is 2. The van der Waals surface area contributed by atoms with Gasteiger partial charge in [0.25, 0.3) is 5.91 Å². The van der Waals surface area contributed by atoms with Crippen LogP contribution in [0.5, 0.6) is 0 Å². The zero-order valence-electron chi connectivity index (χ0n) is 16.7. The molecule has 2 heterocycles. The van der Waals surface area contributed by atoms with Crippen LogP contribution in [0.3, 0.4) is 0 Å². The maximum atomic E-state index is 12.7. The highest BCUT2D eigenvalue weighted by molar-refractivity contribution is 6.02. The van der Waals surface area contributed by atoms with Gasteiger partial charge >= 0.3 is 0 Å². The van der Waals surface area contributed by atoms with Crippen molar-refractivity contribution in [1.82, 2.24) is 14.8 Å². The first-order valence-corrected chi connectivity index (χ1v) is 9.69. The maximum absolute atomic E-state index is 12.7. The molecule has 0 saturated heterocycles. The summed E-state index contributed by atoms with van der Waals surface area (Å²) in [6.07, 6.45) is 1.10. The molecule has 3 aromatic rings. The molecule has 1 aromatic heterocycles. The monoisotopic (exact) mass is 389 g/mol. The van der Waals surface area contributed by atoms with E-state index in [-0.39, 0.29) is 17.6 Å². The van der Waals surface area contributed by atoms with Crippen LogP contribution in [0.4, 0.5) is 11.4 Å². The summed E-state index contributed by atoms with van der Waals surface area (Å²) in [6, 6.07) is 13.4. The molecule has 0 fully saturated rings. The van der Waals surface area contributed by atoms with Crippen molar-refractivity contribution in [2.45, 2.75) is 39.5 Å². The van der Waals surface area contributed by atoms with E-state index in [0.29, 0.717) is 30.3 Å². The first-order valence-electron chi connectivity index (χ1n) is 9.69. The van der Waals surface area contributed by atoms with E-state index in [1.165, 1.54) is 0 Å². The fraction of sp³-hybridized carbons (Fsp3) is 0.273. The van der Waals surface area contributed by atoms with Crippen LogP contribution >= 0.6 is 0 Å². The predicted octanol–water partition coefficient (Wildman–Crippen LogP) is 3.84. The number of fused-ring (bicyclic) bond motifs is 1. The van der Waals surface area contributed by atoms with Crippen molar-refractivity contribution in [3.05, 3.63) is 65.2 Å². The van der Waals surface area contributed by atoms with Crippen LogP contribution in [0, 0.1) is 6.92 Å². The molecule has 7 heteroatoms. The molecule has 148 valence electrons. The molecule has 0 saturated carbocycles. The van der Waals surface area contributed by atoms with E-state index in [0.717, 1.165) is 22.5 Å². The summed E-state index contributed by atoms with van der Waals surface area (Å²) in [6.45, 7) is 6.08. The normalized spacial score (nSPS) is 13.2. The standard InChI is InChI=1S/C22H23N5O2/c1-13(2)17-6-4-5-7-19(17)27-14(3)23-21(26-27)22(29)24-16-9-10-18-15(12-16)8-11-20(28)25-18/h4-7,9-10,12-13H,8,11H2,1-3H3,(H,24,29)(H,25,28). The number of hydrogen-bond donors (Lipinski definition) is 2. The van der Waals surface area contributed by atoms with Crippen molar-refractivity contribution in [2.24, 2.45) is 0 Å². The fourth-order valence-corrected chi connectivity index (χ4v) is 3.53. The lowest BCUT2D eigenvalue weighted by Crippen LogP contribution is -2.19. The molecule has 0 radical (unpaired) electrons. The van der Waals surface area contributed by atoms with Crippen molar-refractivity contribution in [1.29, 1.82) is 0 Å². The maximum Gasteiger partial charge on any atom is 0.295 e. The molecule has 0 atom stereocenters. The quantitative estimate of drug-likeness (QED) is 0.710. The Bertz CT molecular complexity index is 1100. The van der Waals surface area contributed by atoms with Crippen molar-refractivity contribution in [2.75, 3.05) is 10.6 Å². The number of aryl methyl sites for hydroxylation is 2. The summed E-state index contributed by atoms with van der Waals surface area (Å²) >= 11 is 0. The lowest BCUT2D eigenvalue weighted by Gasteiger charge is -2.17. The molecule has 2 N–H and O–H groups in total. The van der Waals surface area contributed by atoms with E-state index < -0.39 is 0 Å². The first-order chi connectivity index (χ1) is 13.9. The van der Waals surface area contributed by atoms with Crippen molar-refractivity contribution < 1.29 is 9.59 Å². The minimum Gasteiger partial charge on any atom is -0.326 e. The average molecular weight is 389 g/mol. The molecular weight excluding hydrogens is 366 g/mol. The second-order valence-corrected chi connectivity index (χ2v) is 7.48. The van der Waals surface area contributed by atoms with Gasteiger partial charge in [-0.2, -0.15) is 0 Å². The van der Waals surface area contributed by atoms with Gasteiger partial charge in [0.15, 0.2) is 0 Å². The Morgan fingerprint density at radius 2 is 1.97 bits per heavy atom. The number of rotatable bonds is 4. The van der Waals surface area contributed by atoms with Crippen LogP contribution in [-0.2, 0) is 11.2 Å². The number of amides is 2. The topological polar surface area (TPSA) is 88.9 Å². The lowest BCUT2D eigenvalue weighted by atomic mass is 10.0. The highest BCUT2D eigenvalue weighted by Gasteiger charge is 2.19. The molecule has 2 aromatic carbocycles. The number of nitrogens with zero attached hydrogens (tertiary/aromatic N) is 3. The van der Waals surface area contributed by atoms with Crippen LogP contribution in [-0.4, -0.2) is 26.6 Å². The molecular formula is C22H23N5O2. The third kappa shape index (κ3) is 3.76. The summed E-state index contributed by atoms with van der Waals surface area (Å²) in [7, 11) is 0. The van der Waals surface area contributed by atoms with Crippen LogP contribution in [0.15, 0.2) is 42.5 Å². The zero-order valence-corrected chi connectivity index (χ0v) is 16.7. The van der Waals surface area contributed by atoms with Crippen LogP contribution in [0.25, 0.3) is 5.69 Å². The second-order valence-electron chi connectivity index (χ2n) is 7.48. The van der Waals surface area contributed by atoms with Gasteiger partial charge in [-0.1, -0.05) is 32.0 Å². The van der Waals surface area contributed by atoms with Crippen molar-refractivity contribution in [3.63, 3.8) is 0 Å². The molecule has 0 spiro atoms. The molecule has 0 aliphatic carbocycles. The van der Waals surface area contributed by atoms with Gasteiger partial charge < -0.3 is 10.6 Å². The lowest BCUT2D eigenvalue weighted by molar-refractivity contribution is -0.116. The van der Waals surface area contributed by atoms with E-state index in [2.05, 4.69) is 40.6 Å². The molecule has 1 aliphatic heterocycles. The van der Waals surface area contributed by atoms with Crippen LogP contribution < -0.4 is 10.6 Å². The van der Waals surface area contributed by atoms with Gasteiger partial charge in [0.05, 0.1) is 5.69 Å². The Hall–Kier alpha value is -3.48. The largest absolute Gasteiger partial charge is 0.326 e. The minimum atomic E-state index is -0.367. The van der Waals surface area contributed by atoms with E-state index in [4.69, 9.17) is 0 Å². The van der Waals surface area contributed by atoms with E-state index >= 15 is 0 Å². The summed E-state index contributed by atoms with van der Waals surface area (Å²) in [5.41, 5.74) is 4.52. The number of hydrogen-bond acceptors (Lipinski definition) is 4. The number of para-hydroxylation sites is 1. The highest BCUT2D eigenvalue weighted by atomic mass is 16.2. The Kier molecular flexibility index (Phi) is 4.88. The summed E-state index contributed by atoms with van der Waals surface area (Å²) in [5.74, 6) is 0.737. The Morgan fingerprint density at radius 3 is 2.76 bits per heavy atom. The van der Waals surface area contributed by atoms with Crippen molar-refractivity contribution >= 4 is 23.2 Å². The fourth-order valence-electron chi connectivity index (χ4n) is 3.53. The first kappa shape index (κ1) is 18.9. The van der Waals surface area contributed by atoms with Gasteiger partial charge in [-0.15, -0.1) is 5.10 Å². The van der Waals surface area contributed by atoms with Gasteiger partial charge in [0, 0.05) is 17.8 Å². The number of carbonyl (C=O) groups is 2. The van der Waals surface area contributed by atoms with Gasteiger partial charge in [-0.05, 0) is 54.7 Å². The number of anilines is 2. The molecule has 29 heavy (non-hydrogen) atoms. The van der Waals surface area contributed by atoms with Crippen LogP contribution in [0.2, 0.25) is 0 Å². The molecule has 4 rings (SSSR count). The second kappa shape index (κ2) is 7.50. The molecule has 1 aliphatic rings. The molecule has 2 amide bonds. The third-order valence-corrected chi connectivity index (χ3v) is 5.02. The zero-order chi connectivity index (χ0) is 20.5. The third-order valence-electron chi connectivity index (χ3n) is 5.02. The van der Waals surface area contributed by atoms with E-state index in [9.17, 15) is 9.59 Å². The van der Waals surface area contributed by atoms with Gasteiger partial charge in [-0.25, -0.2) is 9.67 Å². The van der Waals surface area contributed by atoms with E-state index in [1.807, 2.05) is 31.2 Å². The van der Waals surface area contributed by atoms with E-state index in [1.54, 1.807) is 16.8 Å². The highest BCUT2D eigenvalue weighted by Crippen LogP contribution is 2.26. The Morgan fingerprint density at radius 1 is 1.17 bits per heavy atom. The smallest absolute Gasteiger partial charge is 0.295 e. The average Bonchev–Trinajstić information content (AvgIpc) is 3.09. The van der Waals surface area contributed by atoms with Gasteiger partial charge in [0.1, 0.15) is 5.82 Å². The number of benzene rings is 2. The summed E-state index contributed by atoms with van der Waals surface area (Å²) in [5, 5.41) is 10.1. The van der Waals surface area contributed by atoms with Gasteiger partial charge in [-0.3, -0.25) is 9.59 Å². The molecule has 0 bridgehead atoms. The Labute approximate surface area is 169 Å². The number of aromatic nitrogens is 3. The SMILES string of the molecule is Cc1nc(C(=O)Nc2ccc3c(c2)CCC(=O)N3)nn1-c1ccccc1C(C)C.